The molecule has 0 bridgehead atoms. The second-order valence-electron chi connectivity index (χ2n) is 4.63. The van der Waals surface area contributed by atoms with Crippen LogP contribution in [0.5, 0.6) is 5.75 Å². The Morgan fingerprint density at radius 2 is 1.95 bits per heavy atom. The molecule has 2 aromatic carbocycles. The Bertz CT molecular complexity index is 617. The molecular formula is C16H17FN2O2. The van der Waals surface area contributed by atoms with Crippen molar-refractivity contribution in [1.82, 2.24) is 4.90 Å². The summed E-state index contributed by atoms with van der Waals surface area (Å²) in [6, 6.07) is 13.3. The third-order valence-corrected chi connectivity index (χ3v) is 3.01. The van der Waals surface area contributed by atoms with E-state index in [2.05, 4.69) is 0 Å². The highest BCUT2D eigenvalue weighted by Gasteiger charge is 2.16. The first kappa shape index (κ1) is 14.8. The number of para-hydroxylation sites is 1. The Kier molecular flexibility index (Phi) is 4.77. The summed E-state index contributed by atoms with van der Waals surface area (Å²) in [5.41, 5.74) is 5.76. The predicted molar refractivity (Wildman–Crippen MR) is 79.7 cm³/mol. The number of nitrogen functional groups attached to an aromatic ring is 1. The van der Waals surface area contributed by atoms with E-state index in [1.165, 1.54) is 17.0 Å². The number of nitrogens with two attached hydrogens (primary N) is 1. The summed E-state index contributed by atoms with van der Waals surface area (Å²) >= 11 is 0. The maximum atomic E-state index is 13.7. The van der Waals surface area contributed by atoms with E-state index in [9.17, 15) is 9.18 Å². The van der Waals surface area contributed by atoms with Crippen molar-refractivity contribution in [2.75, 3.05) is 25.9 Å². The van der Waals surface area contributed by atoms with Crippen LogP contribution < -0.4 is 10.5 Å². The van der Waals surface area contributed by atoms with Crippen LogP contribution in [0.15, 0.2) is 48.5 Å². The lowest BCUT2D eigenvalue weighted by atomic mass is 10.1. The van der Waals surface area contributed by atoms with Gasteiger partial charge in [-0.2, -0.15) is 0 Å². The number of amides is 1. The van der Waals surface area contributed by atoms with E-state index in [0.29, 0.717) is 18.8 Å². The quantitative estimate of drug-likeness (QED) is 0.860. The standard InChI is InChI=1S/C16H17FN2O2/c1-19(9-10-21-13-5-3-2-4-6-13)16(20)14-8-7-12(18)11-15(14)17/h2-8,11H,9-10,18H2,1H3. The number of nitrogens with zero attached hydrogens (tertiary/aromatic N) is 1. The lowest BCUT2D eigenvalue weighted by molar-refractivity contribution is 0.0769. The summed E-state index contributed by atoms with van der Waals surface area (Å²) in [5, 5.41) is 0. The maximum absolute atomic E-state index is 13.7. The number of hydrogen-bond acceptors (Lipinski definition) is 3. The molecule has 0 fully saturated rings. The molecule has 0 aliphatic carbocycles. The van der Waals surface area contributed by atoms with Crippen LogP contribution in [0.4, 0.5) is 10.1 Å². The molecule has 0 saturated carbocycles. The zero-order valence-electron chi connectivity index (χ0n) is 11.8. The van der Waals surface area contributed by atoms with Gasteiger partial charge in [0.2, 0.25) is 0 Å². The van der Waals surface area contributed by atoms with Crippen LogP contribution in [0.25, 0.3) is 0 Å². The van der Waals surface area contributed by atoms with Gasteiger partial charge in [0.15, 0.2) is 0 Å². The van der Waals surface area contributed by atoms with Gasteiger partial charge < -0.3 is 15.4 Å². The van der Waals surface area contributed by atoms with Crippen molar-refractivity contribution in [2.45, 2.75) is 0 Å². The highest BCUT2D eigenvalue weighted by Crippen LogP contribution is 2.14. The van der Waals surface area contributed by atoms with Crippen molar-refractivity contribution < 1.29 is 13.9 Å². The van der Waals surface area contributed by atoms with Crippen molar-refractivity contribution in [3.63, 3.8) is 0 Å². The van der Waals surface area contributed by atoms with Crippen LogP contribution in [0.3, 0.4) is 0 Å². The Morgan fingerprint density at radius 3 is 2.62 bits per heavy atom. The fourth-order valence-electron chi connectivity index (χ4n) is 1.83. The van der Waals surface area contributed by atoms with E-state index in [4.69, 9.17) is 10.5 Å². The monoisotopic (exact) mass is 288 g/mol. The zero-order valence-corrected chi connectivity index (χ0v) is 11.8. The van der Waals surface area contributed by atoms with Gasteiger partial charge in [-0.25, -0.2) is 4.39 Å². The van der Waals surface area contributed by atoms with Crippen LogP contribution in [0.1, 0.15) is 10.4 Å². The number of carbonyl (C=O) groups excluding carboxylic acids is 1. The largest absolute Gasteiger partial charge is 0.492 e. The van der Waals surface area contributed by atoms with E-state index in [1.54, 1.807) is 7.05 Å². The molecule has 0 unspecified atom stereocenters. The average Bonchev–Trinajstić information content (AvgIpc) is 2.47. The third kappa shape index (κ3) is 3.95. The molecule has 110 valence electrons. The van der Waals surface area contributed by atoms with Gasteiger partial charge in [0.1, 0.15) is 18.2 Å². The molecule has 0 aliphatic rings. The van der Waals surface area contributed by atoms with Crippen molar-refractivity contribution in [3.05, 3.63) is 59.9 Å². The molecule has 0 atom stereocenters. The maximum Gasteiger partial charge on any atom is 0.256 e. The van der Waals surface area contributed by atoms with Gasteiger partial charge in [0.05, 0.1) is 12.1 Å². The minimum absolute atomic E-state index is 0.00594. The van der Waals surface area contributed by atoms with Crippen molar-refractivity contribution in [3.8, 4) is 5.75 Å². The minimum Gasteiger partial charge on any atom is -0.492 e. The summed E-state index contributed by atoms with van der Waals surface area (Å²) in [5.74, 6) is -0.281. The molecule has 0 aliphatic heterocycles. The fraction of sp³-hybridized carbons (Fsp3) is 0.188. The summed E-state index contributed by atoms with van der Waals surface area (Å²) < 4.78 is 19.2. The number of halogens is 1. The Morgan fingerprint density at radius 1 is 1.24 bits per heavy atom. The van der Waals surface area contributed by atoms with Crippen molar-refractivity contribution in [1.29, 1.82) is 0 Å². The van der Waals surface area contributed by atoms with E-state index < -0.39 is 11.7 Å². The highest BCUT2D eigenvalue weighted by atomic mass is 19.1. The van der Waals surface area contributed by atoms with Gasteiger partial charge in [0, 0.05) is 12.7 Å². The van der Waals surface area contributed by atoms with Gasteiger partial charge in [-0.1, -0.05) is 18.2 Å². The van der Waals surface area contributed by atoms with Crippen molar-refractivity contribution in [2.24, 2.45) is 0 Å². The number of benzene rings is 2. The number of carbonyl (C=O) groups is 1. The first-order valence-electron chi connectivity index (χ1n) is 6.56. The molecular weight excluding hydrogens is 271 g/mol. The second kappa shape index (κ2) is 6.74. The van der Waals surface area contributed by atoms with Crippen LogP contribution in [0.2, 0.25) is 0 Å². The van der Waals surface area contributed by atoms with Gasteiger partial charge in [-0.15, -0.1) is 0 Å². The summed E-state index contributed by atoms with van der Waals surface area (Å²) in [6.07, 6.45) is 0. The van der Waals surface area contributed by atoms with E-state index in [-0.39, 0.29) is 5.56 Å². The van der Waals surface area contributed by atoms with E-state index >= 15 is 0 Å². The van der Waals surface area contributed by atoms with Crippen LogP contribution in [-0.2, 0) is 0 Å². The molecule has 0 radical (unpaired) electrons. The number of likely N-dealkylation sites (N-methyl/N-ethyl adjacent to an activating group) is 1. The Hall–Kier alpha value is -2.56. The van der Waals surface area contributed by atoms with E-state index in [1.807, 2.05) is 30.3 Å². The van der Waals surface area contributed by atoms with Gasteiger partial charge in [-0.05, 0) is 30.3 Å². The number of rotatable bonds is 5. The third-order valence-electron chi connectivity index (χ3n) is 3.01. The molecule has 4 nitrogen and oxygen atoms in total. The first-order valence-corrected chi connectivity index (χ1v) is 6.56. The molecule has 2 rings (SSSR count). The number of anilines is 1. The summed E-state index contributed by atoms with van der Waals surface area (Å²) in [6.45, 7) is 0.695. The summed E-state index contributed by atoms with van der Waals surface area (Å²) in [4.78, 5) is 13.5. The normalized spacial score (nSPS) is 10.2. The van der Waals surface area contributed by atoms with Gasteiger partial charge in [0.25, 0.3) is 5.91 Å². The van der Waals surface area contributed by atoms with Crippen molar-refractivity contribution >= 4 is 11.6 Å². The molecule has 21 heavy (non-hydrogen) atoms. The fourth-order valence-corrected chi connectivity index (χ4v) is 1.83. The second-order valence-corrected chi connectivity index (χ2v) is 4.63. The molecule has 0 saturated heterocycles. The van der Waals surface area contributed by atoms with Gasteiger partial charge >= 0.3 is 0 Å². The Labute approximate surface area is 122 Å². The zero-order chi connectivity index (χ0) is 15.2. The van der Waals surface area contributed by atoms with Gasteiger partial charge in [-0.3, -0.25) is 4.79 Å². The Balaban J connectivity index is 1.90. The lowest BCUT2D eigenvalue weighted by Crippen LogP contribution is -2.31. The smallest absolute Gasteiger partial charge is 0.256 e. The number of ether oxygens (including phenoxy) is 1. The highest BCUT2D eigenvalue weighted by molar-refractivity contribution is 5.94. The molecule has 0 aromatic heterocycles. The minimum atomic E-state index is -0.615. The molecule has 0 spiro atoms. The molecule has 5 heteroatoms. The first-order chi connectivity index (χ1) is 10.1. The topological polar surface area (TPSA) is 55.6 Å². The van der Waals surface area contributed by atoms with Crippen LogP contribution >= 0.6 is 0 Å². The van der Waals surface area contributed by atoms with E-state index in [0.717, 1.165) is 11.8 Å². The average molecular weight is 288 g/mol. The predicted octanol–water partition coefficient (Wildman–Crippen LogP) is 2.56. The molecule has 1 amide bonds. The van der Waals surface area contributed by atoms with Crippen LogP contribution in [0, 0.1) is 5.82 Å². The SMILES string of the molecule is CN(CCOc1ccccc1)C(=O)c1ccc(N)cc1F. The molecule has 2 aromatic rings. The lowest BCUT2D eigenvalue weighted by Gasteiger charge is -2.18. The summed E-state index contributed by atoms with van der Waals surface area (Å²) in [7, 11) is 1.60. The molecule has 0 heterocycles. The molecule has 2 N–H and O–H groups in total. The number of hydrogen-bond donors (Lipinski definition) is 1. The van der Waals surface area contributed by atoms with Crippen LogP contribution in [-0.4, -0.2) is 31.0 Å².